The van der Waals surface area contributed by atoms with Crippen molar-refractivity contribution in [1.82, 2.24) is 19.9 Å². The predicted molar refractivity (Wildman–Crippen MR) is 148 cm³/mol. The van der Waals surface area contributed by atoms with Crippen LogP contribution in [0.3, 0.4) is 0 Å². The van der Waals surface area contributed by atoms with Crippen molar-refractivity contribution in [3.8, 4) is 5.75 Å². The summed E-state index contributed by atoms with van der Waals surface area (Å²) in [6.45, 7) is 7.20. The van der Waals surface area contributed by atoms with E-state index in [9.17, 15) is 23.1 Å². The van der Waals surface area contributed by atoms with E-state index in [0.717, 1.165) is 32.8 Å². The second-order valence-electron chi connectivity index (χ2n) is 9.17. The summed E-state index contributed by atoms with van der Waals surface area (Å²) in [7, 11) is 1.76. The van der Waals surface area contributed by atoms with Gasteiger partial charge < -0.3 is 19.7 Å². The number of pyridine rings is 3. The summed E-state index contributed by atoms with van der Waals surface area (Å²) in [5.41, 5.74) is 3.01. The first-order valence-corrected chi connectivity index (χ1v) is 12.5. The lowest BCUT2D eigenvalue weighted by atomic mass is 10.0. The number of hydrogen-bond donors (Lipinski definition) is 2. The van der Waals surface area contributed by atoms with Crippen molar-refractivity contribution in [3.05, 3.63) is 117 Å². The molecule has 0 radical (unpaired) electrons. The molecule has 0 aliphatic heterocycles. The summed E-state index contributed by atoms with van der Waals surface area (Å²) in [6.07, 6.45) is -0.305. The molecule has 3 heterocycles. The Bertz CT molecular complexity index is 1660. The van der Waals surface area contributed by atoms with Gasteiger partial charge in [0.25, 0.3) is 5.56 Å². The van der Waals surface area contributed by atoms with Crippen molar-refractivity contribution in [2.75, 3.05) is 13.7 Å². The van der Waals surface area contributed by atoms with Crippen molar-refractivity contribution in [3.63, 3.8) is 0 Å². The van der Waals surface area contributed by atoms with E-state index < -0.39 is 17.3 Å². The number of para-hydroxylation sites is 1. The number of nitrogens with one attached hydrogen (secondary N) is 1. The number of aryl methyl sites for hydroxylation is 2. The Morgan fingerprint density at radius 2 is 1.98 bits per heavy atom. The number of rotatable bonds is 9. The minimum absolute atomic E-state index is 0.0516. The van der Waals surface area contributed by atoms with Crippen LogP contribution >= 0.6 is 0 Å². The molecule has 0 spiro atoms. The molecule has 0 bridgehead atoms. The zero-order valence-corrected chi connectivity index (χ0v) is 22.3. The average Bonchev–Trinajstić information content (AvgIpc) is 2.91. The maximum Gasteiger partial charge on any atom is 0.421 e. The van der Waals surface area contributed by atoms with E-state index in [0.29, 0.717) is 33.8 Å². The largest absolute Gasteiger partial charge is 0.487 e. The van der Waals surface area contributed by atoms with Crippen LogP contribution in [0.4, 0.5) is 13.2 Å². The molecule has 0 unspecified atom stereocenters. The van der Waals surface area contributed by atoms with Crippen LogP contribution in [0.2, 0.25) is 0 Å². The lowest BCUT2D eigenvalue weighted by Gasteiger charge is -2.18. The van der Waals surface area contributed by atoms with E-state index in [2.05, 4.69) is 16.9 Å². The van der Waals surface area contributed by atoms with E-state index in [1.807, 2.05) is 32.0 Å². The van der Waals surface area contributed by atoms with Crippen molar-refractivity contribution in [1.29, 1.82) is 0 Å². The molecule has 1 aromatic carbocycles. The third-order valence-electron chi connectivity index (χ3n) is 6.58. The van der Waals surface area contributed by atoms with Crippen LogP contribution in [0, 0.1) is 13.8 Å². The molecule has 0 saturated carbocycles. The Balaban J connectivity index is 1.73. The summed E-state index contributed by atoms with van der Waals surface area (Å²) >= 11 is 0. The van der Waals surface area contributed by atoms with Gasteiger partial charge >= 0.3 is 6.18 Å². The summed E-state index contributed by atoms with van der Waals surface area (Å²) < 4.78 is 47.1. The third-order valence-corrected chi connectivity index (χ3v) is 6.58. The van der Waals surface area contributed by atoms with Gasteiger partial charge in [0.2, 0.25) is 0 Å². The lowest BCUT2D eigenvalue weighted by Crippen LogP contribution is -2.29. The van der Waals surface area contributed by atoms with Crippen LogP contribution in [-0.2, 0) is 19.3 Å². The number of aromatic nitrogens is 3. The van der Waals surface area contributed by atoms with Gasteiger partial charge in [0.1, 0.15) is 23.4 Å². The number of aliphatic hydroxyl groups is 1. The fourth-order valence-electron chi connectivity index (χ4n) is 4.55. The first-order valence-electron chi connectivity index (χ1n) is 12.5. The van der Waals surface area contributed by atoms with Gasteiger partial charge in [-0.25, -0.2) is 4.98 Å². The highest BCUT2D eigenvalue weighted by atomic mass is 19.4. The Kier molecular flexibility index (Phi) is 8.39. The van der Waals surface area contributed by atoms with E-state index in [1.54, 1.807) is 31.5 Å². The van der Waals surface area contributed by atoms with E-state index in [1.165, 1.54) is 12.3 Å². The highest BCUT2D eigenvalue weighted by Gasteiger charge is 2.34. The number of aliphatic hydroxyl groups excluding tert-OH is 1. The minimum Gasteiger partial charge on any atom is -0.487 e. The molecular formula is C30H29F3N4O3. The second-order valence-corrected chi connectivity index (χ2v) is 9.17. The van der Waals surface area contributed by atoms with Gasteiger partial charge in [-0.15, -0.1) is 0 Å². The topological polar surface area (TPSA) is 89.3 Å². The molecular weight excluding hydrogens is 521 g/mol. The molecule has 0 saturated heterocycles. The Morgan fingerprint density at radius 1 is 1.20 bits per heavy atom. The van der Waals surface area contributed by atoms with Crippen molar-refractivity contribution < 1.29 is 23.0 Å². The highest BCUT2D eigenvalue weighted by Crippen LogP contribution is 2.32. The van der Waals surface area contributed by atoms with Crippen LogP contribution in [0.5, 0.6) is 5.75 Å². The van der Waals surface area contributed by atoms with Gasteiger partial charge in [-0.05, 0) is 49.7 Å². The van der Waals surface area contributed by atoms with Crippen LogP contribution in [0.25, 0.3) is 16.6 Å². The second kappa shape index (κ2) is 11.7. The molecule has 4 rings (SSSR count). The van der Waals surface area contributed by atoms with E-state index in [4.69, 9.17) is 9.72 Å². The Labute approximate surface area is 229 Å². The molecule has 2 N–H and O–H groups in total. The van der Waals surface area contributed by atoms with Gasteiger partial charge in [0.15, 0.2) is 0 Å². The average molecular weight is 551 g/mol. The van der Waals surface area contributed by atoms with Gasteiger partial charge in [-0.1, -0.05) is 24.8 Å². The maximum atomic E-state index is 13.3. The zero-order valence-electron chi connectivity index (χ0n) is 22.3. The molecule has 4 aromatic rings. The maximum absolute atomic E-state index is 13.3. The number of hydrogen-bond acceptors (Lipinski definition) is 6. The highest BCUT2D eigenvalue weighted by molar-refractivity contribution is 5.95. The van der Waals surface area contributed by atoms with Gasteiger partial charge in [-0.2, -0.15) is 13.2 Å². The Morgan fingerprint density at radius 3 is 2.65 bits per heavy atom. The first-order chi connectivity index (χ1) is 19.1. The monoisotopic (exact) mass is 550 g/mol. The van der Waals surface area contributed by atoms with Crippen molar-refractivity contribution in [2.24, 2.45) is 0 Å². The number of alkyl halides is 3. The molecule has 0 aliphatic carbocycles. The summed E-state index contributed by atoms with van der Waals surface area (Å²) in [5.74, 6) is 0.493. The van der Waals surface area contributed by atoms with Crippen LogP contribution < -0.4 is 15.6 Å². The molecule has 3 aromatic heterocycles. The molecule has 7 nitrogen and oxygen atoms in total. The Hall–Kier alpha value is -4.44. The number of ether oxygens (including phenoxy) is 1. The lowest BCUT2D eigenvalue weighted by molar-refractivity contribution is -0.138. The summed E-state index contributed by atoms with van der Waals surface area (Å²) in [6, 6.07) is 11.2. The molecule has 0 atom stereocenters. The van der Waals surface area contributed by atoms with Crippen molar-refractivity contribution >= 4 is 16.6 Å². The van der Waals surface area contributed by atoms with E-state index in [-0.39, 0.29) is 19.8 Å². The quantitative estimate of drug-likeness (QED) is 0.280. The normalized spacial score (nSPS) is 12.3. The predicted octanol–water partition coefficient (Wildman–Crippen LogP) is 5.16. The SMILES string of the molecule is C=C/C(CO)=C(\NC)c1cc(C)nc2c(OCc3c(C)ccnc3Cn3cccc(C(F)(F)F)c3=O)cccc12. The number of nitrogens with zero attached hydrogens (tertiary/aromatic N) is 3. The molecule has 208 valence electrons. The number of fused-ring (bicyclic) bond motifs is 1. The molecule has 0 fully saturated rings. The van der Waals surface area contributed by atoms with Gasteiger partial charge in [0, 0.05) is 52.9 Å². The smallest absolute Gasteiger partial charge is 0.421 e. The molecule has 40 heavy (non-hydrogen) atoms. The van der Waals surface area contributed by atoms with Crippen LogP contribution in [0.1, 0.15) is 33.6 Å². The van der Waals surface area contributed by atoms with Crippen LogP contribution in [-0.4, -0.2) is 33.3 Å². The summed E-state index contributed by atoms with van der Waals surface area (Å²) in [4.78, 5) is 21.6. The fraction of sp³-hybridized carbons (Fsp3) is 0.233. The fourth-order valence-corrected chi connectivity index (χ4v) is 4.55. The minimum atomic E-state index is -4.75. The van der Waals surface area contributed by atoms with Gasteiger partial charge in [-0.3, -0.25) is 9.78 Å². The number of benzene rings is 1. The van der Waals surface area contributed by atoms with Crippen molar-refractivity contribution in [2.45, 2.75) is 33.2 Å². The molecule has 10 heteroatoms. The van der Waals surface area contributed by atoms with E-state index >= 15 is 0 Å². The first kappa shape index (κ1) is 28.6. The molecule has 0 amide bonds. The molecule has 0 aliphatic rings. The van der Waals surface area contributed by atoms with Crippen LogP contribution in [0.15, 0.2) is 77.9 Å². The zero-order chi connectivity index (χ0) is 29.0. The standard InChI is InChI=1S/C30H29F3N4O3/c1-5-20(16-38)27(34-4)22-14-19(3)36-28-21(22)8-6-10-26(28)40-17-23-18(2)11-12-35-25(23)15-37-13-7-9-24(29(37)39)30(31,32)33/h5-14,34,38H,1,15-17H2,2-4H3/b27-20+. The third kappa shape index (κ3) is 5.76. The van der Waals surface area contributed by atoms with Gasteiger partial charge in [0.05, 0.1) is 18.8 Å². The summed E-state index contributed by atoms with van der Waals surface area (Å²) in [5, 5.41) is 13.8. The number of halogens is 3.